The third kappa shape index (κ3) is 5.73. The number of amides is 1. The Labute approximate surface area is 194 Å². The number of ketones is 1. The number of aliphatic hydroxyl groups excluding tert-OH is 1. The van der Waals surface area contributed by atoms with Crippen LogP contribution in [0.25, 0.3) is 5.76 Å². The van der Waals surface area contributed by atoms with E-state index in [1.165, 1.54) is 17.0 Å². The Morgan fingerprint density at radius 1 is 1.03 bits per heavy atom. The number of aliphatic hydroxyl groups is 1. The van der Waals surface area contributed by atoms with E-state index in [-0.39, 0.29) is 35.8 Å². The van der Waals surface area contributed by atoms with Gasteiger partial charge < -0.3 is 24.6 Å². The smallest absolute Gasteiger partial charge is 0.295 e. The average Bonchev–Trinajstić information content (AvgIpc) is 3.01. The summed E-state index contributed by atoms with van der Waals surface area (Å²) in [5.74, 6) is -1.06. The van der Waals surface area contributed by atoms with Crippen molar-refractivity contribution in [3.05, 3.63) is 65.2 Å². The molecule has 1 aliphatic heterocycles. The highest BCUT2D eigenvalue weighted by Crippen LogP contribution is 2.40. The molecule has 7 nitrogen and oxygen atoms in total. The fourth-order valence-electron chi connectivity index (χ4n) is 3.81. The van der Waals surface area contributed by atoms with E-state index in [0.29, 0.717) is 29.9 Å². The van der Waals surface area contributed by atoms with Crippen molar-refractivity contribution in [2.24, 2.45) is 0 Å². The van der Waals surface area contributed by atoms with Crippen LogP contribution in [0.1, 0.15) is 51.3 Å². The molecule has 2 aromatic rings. The molecule has 0 saturated carbocycles. The second-order valence-corrected chi connectivity index (χ2v) is 8.55. The first-order valence-electron chi connectivity index (χ1n) is 11.1. The number of phenolic OH excluding ortho intramolecular Hbond substituents is 1. The highest BCUT2D eigenvalue weighted by molar-refractivity contribution is 6.46. The van der Waals surface area contributed by atoms with Crippen molar-refractivity contribution < 1.29 is 29.3 Å². The van der Waals surface area contributed by atoms with Crippen molar-refractivity contribution in [2.75, 3.05) is 13.2 Å². The lowest BCUT2D eigenvalue weighted by Gasteiger charge is -2.25. The van der Waals surface area contributed by atoms with E-state index >= 15 is 0 Å². The van der Waals surface area contributed by atoms with E-state index in [1.54, 1.807) is 36.4 Å². The molecule has 7 heteroatoms. The lowest BCUT2D eigenvalue weighted by molar-refractivity contribution is -0.140. The number of likely N-dealkylation sites (tertiary alicyclic amines) is 1. The summed E-state index contributed by atoms with van der Waals surface area (Å²) < 4.78 is 11.3. The van der Waals surface area contributed by atoms with Gasteiger partial charge in [0.05, 0.1) is 23.8 Å². The van der Waals surface area contributed by atoms with Crippen LogP contribution < -0.4 is 4.74 Å². The number of nitrogens with zero attached hydrogens (tertiary/aromatic N) is 1. The molecule has 2 N–H and O–H groups in total. The minimum Gasteiger partial charge on any atom is -0.508 e. The van der Waals surface area contributed by atoms with Crippen molar-refractivity contribution in [3.63, 3.8) is 0 Å². The number of phenols is 1. The first kappa shape index (κ1) is 24.3. The van der Waals surface area contributed by atoms with Crippen LogP contribution in [0.5, 0.6) is 11.5 Å². The zero-order valence-corrected chi connectivity index (χ0v) is 19.4. The summed E-state index contributed by atoms with van der Waals surface area (Å²) in [4.78, 5) is 27.5. The first-order valence-corrected chi connectivity index (χ1v) is 11.1. The summed E-state index contributed by atoms with van der Waals surface area (Å²) in [6.07, 6.45) is 0.545. The van der Waals surface area contributed by atoms with Crippen LogP contribution in [-0.2, 0) is 14.3 Å². The molecule has 176 valence electrons. The molecule has 3 rings (SSSR count). The van der Waals surface area contributed by atoms with Gasteiger partial charge in [0, 0.05) is 18.7 Å². The van der Waals surface area contributed by atoms with Crippen molar-refractivity contribution in [1.29, 1.82) is 0 Å². The van der Waals surface area contributed by atoms with Crippen molar-refractivity contribution in [3.8, 4) is 11.5 Å². The molecule has 1 aliphatic rings. The summed E-state index contributed by atoms with van der Waals surface area (Å²) in [5, 5.41) is 20.9. The fourth-order valence-corrected chi connectivity index (χ4v) is 3.81. The molecule has 0 spiro atoms. The van der Waals surface area contributed by atoms with Crippen LogP contribution >= 0.6 is 0 Å². The maximum Gasteiger partial charge on any atom is 0.295 e. The molecule has 1 fully saturated rings. The Kier molecular flexibility index (Phi) is 7.76. The van der Waals surface area contributed by atoms with Crippen molar-refractivity contribution >= 4 is 17.4 Å². The van der Waals surface area contributed by atoms with Crippen LogP contribution in [0, 0.1) is 0 Å². The molecule has 1 heterocycles. The zero-order chi connectivity index (χ0) is 24.1. The maximum atomic E-state index is 13.1. The third-order valence-electron chi connectivity index (χ3n) is 5.22. The quantitative estimate of drug-likeness (QED) is 0.253. The molecule has 33 heavy (non-hydrogen) atoms. The van der Waals surface area contributed by atoms with Gasteiger partial charge in [-0.1, -0.05) is 24.3 Å². The molecule has 0 radical (unpaired) electrons. The van der Waals surface area contributed by atoms with Gasteiger partial charge in [-0.3, -0.25) is 9.59 Å². The molecule has 1 saturated heterocycles. The van der Waals surface area contributed by atoms with Gasteiger partial charge >= 0.3 is 0 Å². The highest BCUT2D eigenvalue weighted by Gasteiger charge is 2.45. The van der Waals surface area contributed by atoms with Crippen LogP contribution in [0.3, 0.4) is 0 Å². The number of hydrogen-bond donors (Lipinski definition) is 2. The number of benzene rings is 2. The minimum atomic E-state index is -0.778. The number of hydrogen-bond acceptors (Lipinski definition) is 6. The lowest BCUT2D eigenvalue weighted by Crippen LogP contribution is -2.31. The zero-order valence-electron chi connectivity index (χ0n) is 19.4. The SMILES string of the molecule is CC(C)OCCCN1C(=O)C(=O)/C(=C(\O)c2cccc(OC(C)C)c2)C1c1ccc(O)cc1. The molecule has 0 bridgehead atoms. The average molecular weight is 454 g/mol. The van der Waals surface area contributed by atoms with Crippen LogP contribution in [0.15, 0.2) is 54.1 Å². The predicted molar refractivity (Wildman–Crippen MR) is 125 cm³/mol. The summed E-state index contributed by atoms with van der Waals surface area (Å²) >= 11 is 0. The van der Waals surface area contributed by atoms with E-state index in [1.807, 2.05) is 27.7 Å². The van der Waals surface area contributed by atoms with Gasteiger partial charge in [0.25, 0.3) is 11.7 Å². The fraction of sp³-hybridized carbons (Fsp3) is 0.385. The number of rotatable bonds is 9. The van der Waals surface area contributed by atoms with Gasteiger partial charge in [-0.25, -0.2) is 0 Å². The van der Waals surface area contributed by atoms with Crippen molar-refractivity contribution in [2.45, 2.75) is 52.4 Å². The lowest BCUT2D eigenvalue weighted by atomic mass is 9.95. The Balaban J connectivity index is 2.03. The van der Waals surface area contributed by atoms with E-state index < -0.39 is 17.7 Å². The molecule has 1 unspecified atom stereocenters. The van der Waals surface area contributed by atoms with Crippen LogP contribution in [-0.4, -0.2) is 52.2 Å². The summed E-state index contributed by atoms with van der Waals surface area (Å²) in [7, 11) is 0. The van der Waals surface area contributed by atoms with Crippen molar-refractivity contribution in [1.82, 2.24) is 4.90 Å². The van der Waals surface area contributed by atoms with Gasteiger partial charge in [0.2, 0.25) is 0 Å². The molecule has 2 aromatic carbocycles. The second kappa shape index (κ2) is 10.5. The second-order valence-electron chi connectivity index (χ2n) is 8.55. The summed E-state index contributed by atoms with van der Waals surface area (Å²) in [5.41, 5.74) is 1.02. The summed E-state index contributed by atoms with van der Waals surface area (Å²) in [6.45, 7) is 8.38. The van der Waals surface area contributed by atoms with Gasteiger partial charge in [-0.05, 0) is 63.9 Å². The number of Topliss-reactive ketones (excluding diaryl/α,β-unsaturated/α-hetero) is 1. The molecule has 1 amide bonds. The highest BCUT2D eigenvalue weighted by atomic mass is 16.5. The number of carbonyl (C=O) groups is 2. The molecular weight excluding hydrogens is 422 g/mol. The third-order valence-corrected chi connectivity index (χ3v) is 5.22. The number of carbonyl (C=O) groups excluding carboxylic acids is 2. The largest absolute Gasteiger partial charge is 0.508 e. The van der Waals surface area contributed by atoms with Crippen LogP contribution in [0.2, 0.25) is 0 Å². The normalized spacial score (nSPS) is 17.9. The Bertz CT molecular complexity index is 1030. The Hall–Kier alpha value is -3.32. The molecule has 1 atom stereocenters. The minimum absolute atomic E-state index is 0.0113. The number of ether oxygens (including phenoxy) is 2. The number of aromatic hydroxyl groups is 1. The topological polar surface area (TPSA) is 96.3 Å². The van der Waals surface area contributed by atoms with E-state index in [9.17, 15) is 19.8 Å². The Morgan fingerprint density at radius 2 is 1.73 bits per heavy atom. The molecular formula is C26H31NO6. The molecule has 0 aliphatic carbocycles. The van der Waals surface area contributed by atoms with E-state index in [0.717, 1.165) is 0 Å². The molecule has 0 aromatic heterocycles. The van der Waals surface area contributed by atoms with E-state index in [2.05, 4.69) is 0 Å². The van der Waals surface area contributed by atoms with Gasteiger partial charge in [0.1, 0.15) is 17.3 Å². The van der Waals surface area contributed by atoms with Gasteiger partial charge in [-0.2, -0.15) is 0 Å². The standard InChI is InChI=1S/C26H31NO6/c1-16(2)32-14-6-13-27-23(18-9-11-20(28)12-10-18)22(25(30)26(27)31)24(29)19-7-5-8-21(15-19)33-17(3)4/h5,7-12,15-17,23,28-29H,6,13-14H2,1-4H3/b24-22-. The summed E-state index contributed by atoms with van der Waals surface area (Å²) in [6, 6.07) is 12.3. The Morgan fingerprint density at radius 3 is 2.36 bits per heavy atom. The van der Waals surface area contributed by atoms with Gasteiger partial charge in [-0.15, -0.1) is 0 Å². The monoisotopic (exact) mass is 453 g/mol. The predicted octanol–water partition coefficient (Wildman–Crippen LogP) is 4.42. The van der Waals surface area contributed by atoms with Crippen LogP contribution in [0.4, 0.5) is 0 Å². The van der Waals surface area contributed by atoms with E-state index in [4.69, 9.17) is 9.47 Å². The van der Waals surface area contributed by atoms with Gasteiger partial charge in [0.15, 0.2) is 0 Å². The maximum absolute atomic E-state index is 13.1. The first-order chi connectivity index (χ1) is 15.7.